The molecule has 4 N–H and O–H groups in total. The molecular weight excluding hydrogens is 376 g/mol. The molecule has 3 aromatic rings. The maximum Gasteiger partial charge on any atom is 0.249 e. The third-order valence-electron chi connectivity index (χ3n) is 5.57. The highest BCUT2D eigenvalue weighted by molar-refractivity contribution is 5.95. The van der Waals surface area contributed by atoms with Crippen LogP contribution in [0.3, 0.4) is 0 Å². The van der Waals surface area contributed by atoms with Gasteiger partial charge in [0.2, 0.25) is 5.91 Å². The number of carbonyl (C=O) groups is 1. The number of halogens is 2. The van der Waals surface area contributed by atoms with Gasteiger partial charge in [0.1, 0.15) is 12.4 Å². The minimum atomic E-state index is -0.592. The molecule has 0 saturated heterocycles. The molecule has 1 aliphatic rings. The number of rotatable bonds is 6. The number of nitrogens with two attached hydrogens (primary N) is 1. The maximum absolute atomic E-state index is 14.0. The van der Waals surface area contributed by atoms with Crippen molar-refractivity contribution in [3.05, 3.63) is 64.9 Å². The van der Waals surface area contributed by atoms with E-state index in [0.717, 1.165) is 22.9 Å². The fraction of sp³-hybridized carbons (Fsp3) is 0.318. The number of amides is 1. The van der Waals surface area contributed by atoms with E-state index in [2.05, 4.69) is 17.2 Å². The Bertz CT molecular complexity index is 1060. The van der Waals surface area contributed by atoms with E-state index in [1.54, 1.807) is 12.1 Å². The van der Waals surface area contributed by atoms with Crippen LogP contribution in [0, 0.1) is 11.6 Å². The molecule has 29 heavy (non-hydrogen) atoms. The summed E-state index contributed by atoms with van der Waals surface area (Å²) in [6.45, 7) is 3.12. The number of nitrogens with one attached hydrogen (secondary N) is 2. The van der Waals surface area contributed by atoms with Crippen LogP contribution in [0.2, 0.25) is 0 Å². The van der Waals surface area contributed by atoms with Gasteiger partial charge in [0.25, 0.3) is 0 Å². The van der Waals surface area contributed by atoms with Crippen molar-refractivity contribution >= 4 is 16.8 Å². The molecule has 0 bridgehead atoms. The topological polar surface area (TPSA) is 80.1 Å². The lowest BCUT2D eigenvalue weighted by atomic mass is 9.95. The predicted octanol–water partition coefficient (Wildman–Crippen LogP) is 3.63. The average Bonchev–Trinajstić information content (AvgIpc) is 3.11. The zero-order valence-corrected chi connectivity index (χ0v) is 16.1. The molecule has 0 aliphatic carbocycles. The number of primary amides is 1. The van der Waals surface area contributed by atoms with Crippen molar-refractivity contribution in [2.24, 2.45) is 5.73 Å². The lowest BCUT2D eigenvalue weighted by Gasteiger charge is -2.28. The number of benzene rings is 2. The van der Waals surface area contributed by atoms with Crippen molar-refractivity contribution < 1.29 is 18.3 Å². The maximum atomic E-state index is 14.0. The highest BCUT2D eigenvalue weighted by Crippen LogP contribution is 2.31. The van der Waals surface area contributed by atoms with Crippen LogP contribution in [0.15, 0.2) is 36.5 Å². The zero-order chi connectivity index (χ0) is 20.5. The number of aromatic amines is 1. The summed E-state index contributed by atoms with van der Waals surface area (Å²) < 4.78 is 33.1. The van der Waals surface area contributed by atoms with Crippen molar-refractivity contribution in [1.82, 2.24) is 10.3 Å². The highest BCUT2D eigenvalue weighted by Gasteiger charge is 2.26. The molecule has 5 nitrogen and oxygen atoms in total. The molecule has 152 valence electrons. The molecular formula is C22H23F2N3O2. The van der Waals surface area contributed by atoms with Crippen molar-refractivity contribution in [1.29, 1.82) is 0 Å². The zero-order valence-electron chi connectivity index (χ0n) is 16.1. The van der Waals surface area contributed by atoms with Gasteiger partial charge in [-0.2, -0.15) is 0 Å². The Hall–Kier alpha value is -2.93. The summed E-state index contributed by atoms with van der Waals surface area (Å²) in [5, 5.41) is 4.31. The van der Waals surface area contributed by atoms with Gasteiger partial charge < -0.3 is 20.8 Å². The fourth-order valence-corrected chi connectivity index (χ4v) is 3.99. The first kappa shape index (κ1) is 19.4. The second-order valence-electron chi connectivity index (χ2n) is 7.56. The van der Waals surface area contributed by atoms with Gasteiger partial charge in [-0.3, -0.25) is 4.79 Å². The smallest absolute Gasteiger partial charge is 0.249 e. The molecule has 1 aromatic heterocycles. The SMILES string of the molecule is C[C@H](CCN[C@H]1COc2c(F)ccc(C(N)=O)c2C1)c1c[nH]c2ccc(F)cc12. The minimum Gasteiger partial charge on any atom is -0.489 e. The number of aromatic nitrogens is 1. The van der Waals surface area contributed by atoms with Crippen LogP contribution >= 0.6 is 0 Å². The predicted molar refractivity (Wildman–Crippen MR) is 107 cm³/mol. The second kappa shape index (κ2) is 7.83. The van der Waals surface area contributed by atoms with Crippen LogP contribution in [-0.2, 0) is 6.42 Å². The van der Waals surface area contributed by atoms with Crippen LogP contribution in [0.1, 0.15) is 40.7 Å². The summed E-state index contributed by atoms with van der Waals surface area (Å²) in [5.74, 6) is -0.990. The van der Waals surface area contributed by atoms with Crippen molar-refractivity contribution in [2.75, 3.05) is 13.2 Å². The van der Waals surface area contributed by atoms with Gasteiger partial charge in [0.05, 0.1) is 0 Å². The Morgan fingerprint density at radius 1 is 1.34 bits per heavy atom. The third kappa shape index (κ3) is 3.82. The first-order valence-corrected chi connectivity index (χ1v) is 9.68. The van der Waals surface area contributed by atoms with Gasteiger partial charge >= 0.3 is 0 Å². The van der Waals surface area contributed by atoms with Crippen LogP contribution < -0.4 is 15.8 Å². The molecule has 0 fully saturated rings. The number of hydrogen-bond acceptors (Lipinski definition) is 3. The summed E-state index contributed by atoms with van der Waals surface area (Å²) in [6, 6.07) is 7.30. The first-order valence-electron chi connectivity index (χ1n) is 9.68. The van der Waals surface area contributed by atoms with Crippen LogP contribution in [-0.4, -0.2) is 30.1 Å². The number of fused-ring (bicyclic) bond motifs is 2. The molecule has 0 radical (unpaired) electrons. The summed E-state index contributed by atoms with van der Waals surface area (Å²) in [6.07, 6.45) is 3.23. The normalized spacial score (nSPS) is 17.0. The van der Waals surface area contributed by atoms with Crippen molar-refractivity contribution in [2.45, 2.75) is 31.7 Å². The highest BCUT2D eigenvalue weighted by atomic mass is 19.1. The van der Waals surface area contributed by atoms with Gasteiger partial charge in [-0.15, -0.1) is 0 Å². The second-order valence-corrected chi connectivity index (χ2v) is 7.56. The molecule has 1 amide bonds. The molecule has 2 heterocycles. The fourth-order valence-electron chi connectivity index (χ4n) is 3.99. The van der Waals surface area contributed by atoms with E-state index in [1.165, 1.54) is 18.2 Å². The summed E-state index contributed by atoms with van der Waals surface area (Å²) in [7, 11) is 0. The molecule has 7 heteroatoms. The summed E-state index contributed by atoms with van der Waals surface area (Å²) in [4.78, 5) is 14.8. The van der Waals surface area contributed by atoms with Gasteiger partial charge in [-0.1, -0.05) is 6.92 Å². The Balaban J connectivity index is 1.40. The van der Waals surface area contributed by atoms with Crippen LogP contribution in [0.25, 0.3) is 10.9 Å². The molecule has 0 unspecified atom stereocenters. The summed E-state index contributed by atoms with van der Waals surface area (Å²) in [5.41, 5.74) is 8.22. The molecule has 1 aliphatic heterocycles. The van der Waals surface area contributed by atoms with E-state index in [4.69, 9.17) is 10.5 Å². The van der Waals surface area contributed by atoms with Gasteiger partial charge in [-0.05, 0) is 61.2 Å². The largest absolute Gasteiger partial charge is 0.489 e. The van der Waals surface area contributed by atoms with Gasteiger partial charge in [0.15, 0.2) is 11.6 Å². The summed E-state index contributed by atoms with van der Waals surface area (Å²) >= 11 is 0. The number of carbonyl (C=O) groups excluding carboxylic acids is 1. The lowest BCUT2D eigenvalue weighted by Crippen LogP contribution is -2.41. The monoisotopic (exact) mass is 399 g/mol. The molecule has 0 spiro atoms. The Kier molecular flexibility index (Phi) is 5.24. The number of hydrogen-bond donors (Lipinski definition) is 3. The minimum absolute atomic E-state index is 0.0463. The van der Waals surface area contributed by atoms with E-state index < -0.39 is 11.7 Å². The average molecular weight is 399 g/mol. The Morgan fingerprint density at radius 3 is 2.97 bits per heavy atom. The van der Waals surface area contributed by atoms with Gasteiger partial charge in [-0.25, -0.2) is 8.78 Å². The van der Waals surface area contributed by atoms with E-state index in [1.807, 2.05) is 6.20 Å². The Labute approximate surface area is 167 Å². The lowest BCUT2D eigenvalue weighted by molar-refractivity contribution is 0.0997. The molecule has 4 rings (SSSR count). The van der Waals surface area contributed by atoms with Crippen LogP contribution in [0.4, 0.5) is 8.78 Å². The van der Waals surface area contributed by atoms with E-state index in [-0.39, 0.29) is 23.5 Å². The van der Waals surface area contributed by atoms with E-state index >= 15 is 0 Å². The standard InChI is InChI=1S/C22H23F2N3O2/c1-12(18-10-27-20-5-2-13(23)8-16(18)20)6-7-26-14-9-17-15(22(25)28)3-4-19(24)21(17)29-11-14/h2-5,8,10,12,14,26-27H,6-7,9,11H2,1H3,(H2,25,28)/t12-,14-/m1/s1. The molecule has 0 saturated carbocycles. The van der Waals surface area contributed by atoms with Crippen molar-refractivity contribution in [3.63, 3.8) is 0 Å². The quantitative estimate of drug-likeness (QED) is 0.592. The number of ether oxygens (including phenoxy) is 1. The van der Waals surface area contributed by atoms with Crippen LogP contribution in [0.5, 0.6) is 5.75 Å². The third-order valence-corrected chi connectivity index (χ3v) is 5.57. The first-order chi connectivity index (χ1) is 13.9. The Morgan fingerprint density at radius 2 is 2.17 bits per heavy atom. The number of H-pyrrole nitrogens is 1. The molecule has 2 aromatic carbocycles. The molecule has 2 atom stereocenters. The van der Waals surface area contributed by atoms with Gasteiger partial charge in [0, 0.05) is 34.3 Å². The van der Waals surface area contributed by atoms with E-state index in [0.29, 0.717) is 30.7 Å². The van der Waals surface area contributed by atoms with E-state index in [9.17, 15) is 13.6 Å². The van der Waals surface area contributed by atoms with Crippen molar-refractivity contribution in [3.8, 4) is 5.75 Å².